The highest BCUT2D eigenvalue weighted by Gasteiger charge is 2.38. The molecule has 132 valence electrons. The molecule has 1 saturated heterocycles. The highest BCUT2D eigenvalue weighted by atomic mass is 16.6. The fourth-order valence-corrected chi connectivity index (χ4v) is 3.25. The average molecular weight is 333 g/mol. The first kappa shape index (κ1) is 18.3. The van der Waals surface area contributed by atoms with E-state index in [0.717, 1.165) is 37.7 Å². The fraction of sp³-hybridized carbons (Fsp3) is 0.579. The molecular formula is C19H27NO4. The summed E-state index contributed by atoms with van der Waals surface area (Å²) in [5.41, 5.74) is 0.958. The molecule has 0 spiro atoms. The average Bonchev–Trinajstić information content (AvgIpc) is 3.01. The number of benzene rings is 1. The highest BCUT2D eigenvalue weighted by molar-refractivity contribution is 5.73. The van der Waals surface area contributed by atoms with Gasteiger partial charge in [0.25, 0.3) is 0 Å². The van der Waals surface area contributed by atoms with Crippen LogP contribution in [0.1, 0.15) is 51.0 Å². The topological polar surface area (TPSA) is 55.8 Å². The molecular weight excluding hydrogens is 306 g/mol. The molecule has 0 aliphatic carbocycles. The minimum absolute atomic E-state index is 0.123. The van der Waals surface area contributed by atoms with E-state index < -0.39 is 0 Å². The van der Waals surface area contributed by atoms with Crippen molar-refractivity contribution in [1.29, 1.82) is 0 Å². The predicted octanol–water partition coefficient (Wildman–Crippen LogP) is 3.91. The zero-order chi connectivity index (χ0) is 17.4. The molecule has 1 heterocycles. The van der Waals surface area contributed by atoms with Crippen molar-refractivity contribution >= 4 is 12.1 Å². The maximum Gasteiger partial charge on any atom is 0.410 e. The summed E-state index contributed by atoms with van der Waals surface area (Å²) in [6.07, 6.45) is 4.76. The van der Waals surface area contributed by atoms with Crippen LogP contribution in [0.5, 0.6) is 0 Å². The Labute approximate surface area is 143 Å². The molecule has 1 fully saturated rings. The summed E-state index contributed by atoms with van der Waals surface area (Å²) < 4.78 is 10.3. The third-order valence-electron chi connectivity index (χ3n) is 4.56. The summed E-state index contributed by atoms with van der Waals surface area (Å²) in [5.74, 6) is -0.281. The number of hydrogen-bond donors (Lipinski definition) is 0. The number of rotatable bonds is 7. The highest BCUT2D eigenvalue weighted by Crippen LogP contribution is 2.30. The molecule has 0 bridgehead atoms. The van der Waals surface area contributed by atoms with Crippen molar-refractivity contribution in [3.05, 3.63) is 35.9 Å². The molecule has 2 rings (SSSR count). The quantitative estimate of drug-likeness (QED) is 0.710. The van der Waals surface area contributed by atoms with E-state index in [1.165, 1.54) is 7.11 Å². The van der Waals surface area contributed by atoms with E-state index in [1.54, 1.807) is 4.90 Å². The van der Waals surface area contributed by atoms with Crippen molar-refractivity contribution < 1.29 is 19.1 Å². The fourth-order valence-electron chi connectivity index (χ4n) is 3.25. The van der Waals surface area contributed by atoms with Crippen LogP contribution in [-0.4, -0.2) is 36.2 Å². The first-order valence-corrected chi connectivity index (χ1v) is 8.71. The Hall–Kier alpha value is -2.04. The molecule has 24 heavy (non-hydrogen) atoms. The van der Waals surface area contributed by atoms with Crippen LogP contribution in [0.2, 0.25) is 0 Å². The van der Waals surface area contributed by atoms with Gasteiger partial charge in [0.05, 0.1) is 13.5 Å². The van der Waals surface area contributed by atoms with E-state index in [9.17, 15) is 9.59 Å². The van der Waals surface area contributed by atoms with Crippen LogP contribution < -0.4 is 0 Å². The van der Waals surface area contributed by atoms with Crippen LogP contribution in [0.4, 0.5) is 4.79 Å². The zero-order valence-electron chi connectivity index (χ0n) is 14.6. The van der Waals surface area contributed by atoms with Crippen molar-refractivity contribution in [3.8, 4) is 0 Å². The summed E-state index contributed by atoms with van der Waals surface area (Å²) >= 11 is 0. The Kier molecular flexibility index (Phi) is 7.09. The minimum Gasteiger partial charge on any atom is -0.469 e. The largest absolute Gasteiger partial charge is 0.469 e. The summed E-state index contributed by atoms with van der Waals surface area (Å²) in [6.45, 7) is 2.39. The van der Waals surface area contributed by atoms with E-state index in [0.29, 0.717) is 0 Å². The van der Waals surface area contributed by atoms with Crippen LogP contribution in [0.15, 0.2) is 30.3 Å². The number of nitrogens with zero attached hydrogens (tertiary/aromatic N) is 1. The second-order valence-electron chi connectivity index (χ2n) is 6.25. The number of likely N-dealkylation sites (tertiary alicyclic amines) is 1. The van der Waals surface area contributed by atoms with Gasteiger partial charge in [-0.05, 0) is 24.8 Å². The molecule has 5 nitrogen and oxygen atoms in total. The van der Waals surface area contributed by atoms with Crippen molar-refractivity contribution in [2.24, 2.45) is 0 Å². The van der Waals surface area contributed by atoms with E-state index in [4.69, 9.17) is 9.47 Å². The van der Waals surface area contributed by atoms with E-state index in [1.807, 2.05) is 30.3 Å². The predicted molar refractivity (Wildman–Crippen MR) is 91.4 cm³/mol. The maximum atomic E-state index is 12.6. The van der Waals surface area contributed by atoms with Crippen LogP contribution in [-0.2, 0) is 20.9 Å². The molecule has 1 aliphatic heterocycles. The molecule has 0 unspecified atom stereocenters. The summed E-state index contributed by atoms with van der Waals surface area (Å²) in [7, 11) is 1.38. The Morgan fingerprint density at radius 3 is 2.54 bits per heavy atom. The van der Waals surface area contributed by atoms with Gasteiger partial charge in [0.1, 0.15) is 6.61 Å². The Bertz CT molecular complexity index is 531. The zero-order valence-corrected chi connectivity index (χ0v) is 14.6. The third-order valence-corrected chi connectivity index (χ3v) is 4.56. The van der Waals surface area contributed by atoms with Gasteiger partial charge in [-0.1, -0.05) is 50.1 Å². The summed E-state index contributed by atoms with van der Waals surface area (Å²) in [6, 6.07) is 9.66. The van der Waals surface area contributed by atoms with Crippen LogP contribution >= 0.6 is 0 Å². The van der Waals surface area contributed by atoms with Gasteiger partial charge >= 0.3 is 12.1 Å². The standard InChI is InChI=1S/C19H27NO4/c1-3-4-10-16-11-12-17(13-18(21)23-2)20(16)19(22)24-14-15-8-6-5-7-9-15/h5-9,16-17H,3-4,10-14H2,1-2H3/t16-,17-/m0/s1. The monoisotopic (exact) mass is 333 g/mol. The second kappa shape index (κ2) is 9.30. The third kappa shape index (κ3) is 4.98. The number of carbonyl (C=O) groups excluding carboxylic acids is 2. The van der Waals surface area contributed by atoms with Crippen molar-refractivity contribution in [3.63, 3.8) is 0 Å². The van der Waals surface area contributed by atoms with E-state index >= 15 is 0 Å². The SMILES string of the molecule is CCCC[C@H]1CC[C@@H](CC(=O)OC)N1C(=O)OCc1ccccc1. The van der Waals surface area contributed by atoms with Crippen molar-refractivity contribution in [1.82, 2.24) is 4.90 Å². The Morgan fingerprint density at radius 2 is 1.88 bits per heavy atom. The lowest BCUT2D eigenvalue weighted by Crippen LogP contribution is -2.42. The van der Waals surface area contributed by atoms with Gasteiger partial charge in [0.15, 0.2) is 0 Å². The van der Waals surface area contributed by atoms with Gasteiger partial charge in [0.2, 0.25) is 0 Å². The molecule has 1 aliphatic rings. The first-order valence-electron chi connectivity index (χ1n) is 8.71. The molecule has 1 aromatic rings. The number of carbonyl (C=O) groups is 2. The Balaban J connectivity index is 2.00. The number of ether oxygens (including phenoxy) is 2. The number of methoxy groups -OCH3 is 1. The van der Waals surface area contributed by atoms with Gasteiger partial charge in [0, 0.05) is 12.1 Å². The van der Waals surface area contributed by atoms with Gasteiger partial charge in [-0.2, -0.15) is 0 Å². The molecule has 0 aromatic heterocycles. The van der Waals surface area contributed by atoms with E-state index in [-0.39, 0.29) is 37.2 Å². The molecule has 1 amide bonds. The molecule has 5 heteroatoms. The number of hydrogen-bond acceptors (Lipinski definition) is 4. The lowest BCUT2D eigenvalue weighted by Gasteiger charge is -2.29. The van der Waals surface area contributed by atoms with Crippen LogP contribution in [0.25, 0.3) is 0 Å². The molecule has 0 radical (unpaired) electrons. The normalized spacial score (nSPS) is 20.0. The van der Waals surface area contributed by atoms with Crippen molar-refractivity contribution in [2.75, 3.05) is 7.11 Å². The van der Waals surface area contributed by atoms with Crippen LogP contribution in [0.3, 0.4) is 0 Å². The number of unbranched alkanes of at least 4 members (excludes halogenated alkanes) is 1. The number of esters is 1. The minimum atomic E-state index is -0.327. The lowest BCUT2D eigenvalue weighted by atomic mass is 10.1. The van der Waals surface area contributed by atoms with Gasteiger partial charge in [-0.15, -0.1) is 0 Å². The maximum absolute atomic E-state index is 12.6. The molecule has 1 aromatic carbocycles. The molecule has 0 saturated carbocycles. The molecule has 2 atom stereocenters. The first-order chi connectivity index (χ1) is 11.7. The smallest absolute Gasteiger partial charge is 0.410 e. The summed E-state index contributed by atoms with van der Waals surface area (Å²) in [5, 5.41) is 0. The lowest BCUT2D eigenvalue weighted by molar-refractivity contribution is -0.141. The van der Waals surface area contributed by atoms with E-state index in [2.05, 4.69) is 6.92 Å². The van der Waals surface area contributed by atoms with Gasteiger partial charge in [-0.25, -0.2) is 4.79 Å². The number of amides is 1. The van der Waals surface area contributed by atoms with Crippen LogP contribution in [0, 0.1) is 0 Å². The molecule has 0 N–H and O–H groups in total. The van der Waals surface area contributed by atoms with Gasteiger partial charge < -0.3 is 14.4 Å². The Morgan fingerprint density at radius 1 is 1.17 bits per heavy atom. The summed E-state index contributed by atoms with van der Waals surface area (Å²) in [4.78, 5) is 26.0. The van der Waals surface area contributed by atoms with Crippen molar-refractivity contribution in [2.45, 2.75) is 64.1 Å². The second-order valence-corrected chi connectivity index (χ2v) is 6.25. The van der Waals surface area contributed by atoms with Gasteiger partial charge in [-0.3, -0.25) is 4.79 Å².